The van der Waals surface area contributed by atoms with Crippen LogP contribution in [0.2, 0.25) is 0 Å². The second-order valence-electron chi connectivity index (χ2n) is 6.02. The number of hydrogen-bond acceptors (Lipinski definition) is 4. The zero-order valence-electron chi connectivity index (χ0n) is 13.2. The lowest BCUT2D eigenvalue weighted by molar-refractivity contribution is 0.322. The molecule has 0 aliphatic heterocycles. The lowest BCUT2D eigenvalue weighted by Crippen LogP contribution is -2.19. The van der Waals surface area contributed by atoms with E-state index < -0.39 is 0 Å². The first-order chi connectivity index (χ1) is 10.0. The summed E-state index contributed by atoms with van der Waals surface area (Å²) in [6.07, 6.45) is 3.64. The molecule has 5 nitrogen and oxygen atoms in total. The molecular formula is C16H24N4O. The van der Waals surface area contributed by atoms with Crippen LogP contribution in [0.3, 0.4) is 0 Å². The van der Waals surface area contributed by atoms with Gasteiger partial charge >= 0.3 is 0 Å². The van der Waals surface area contributed by atoms with E-state index in [1.54, 1.807) is 6.20 Å². The zero-order chi connectivity index (χ0) is 15.3. The van der Waals surface area contributed by atoms with Crippen molar-refractivity contribution in [2.75, 3.05) is 6.61 Å². The molecule has 0 unspecified atom stereocenters. The molecule has 0 aliphatic carbocycles. The fourth-order valence-electron chi connectivity index (χ4n) is 2.25. The largest absolute Gasteiger partial charge is 0.478 e. The molecule has 0 radical (unpaired) electrons. The Kier molecular flexibility index (Phi) is 4.96. The molecule has 2 N–H and O–H groups in total. The van der Waals surface area contributed by atoms with Crippen LogP contribution in [-0.4, -0.2) is 21.8 Å². The maximum absolute atomic E-state index is 5.53. The molecule has 0 atom stereocenters. The predicted molar refractivity (Wildman–Crippen MR) is 83.2 cm³/mol. The summed E-state index contributed by atoms with van der Waals surface area (Å²) in [6, 6.07) is 3.96. The van der Waals surface area contributed by atoms with Crippen molar-refractivity contribution in [2.24, 2.45) is 0 Å². The van der Waals surface area contributed by atoms with Crippen LogP contribution >= 0.6 is 0 Å². The summed E-state index contributed by atoms with van der Waals surface area (Å²) in [5.41, 5.74) is 3.51. The molecular weight excluding hydrogens is 264 g/mol. The molecule has 0 fully saturated rings. The minimum absolute atomic E-state index is 0.0678. The maximum Gasteiger partial charge on any atom is 0.217 e. The Balaban J connectivity index is 1.98. The minimum atomic E-state index is 0.0678. The fraction of sp³-hybridized carbons (Fsp3) is 0.500. The Hall–Kier alpha value is -1.88. The van der Waals surface area contributed by atoms with E-state index in [2.05, 4.69) is 41.3 Å². The van der Waals surface area contributed by atoms with E-state index in [-0.39, 0.29) is 5.41 Å². The minimum Gasteiger partial charge on any atom is -0.478 e. The Morgan fingerprint density at radius 1 is 1.24 bits per heavy atom. The molecule has 0 saturated heterocycles. The van der Waals surface area contributed by atoms with Crippen molar-refractivity contribution in [2.45, 2.75) is 46.2 Å². The van der Waals surface area contributed by atoms with E-state index in [0.29, 0.717) is 12.5 Å². The van der Waals surface area contributed by atoms with Gasteiger partial charge in [0.15, 0.2) is 0 Å². The van der Waals surface area contributed by atoms with E-state index >= 15 is 0 Å². The van der Waals surface area contributed by atoms with Crippen LogP contribution in [0.4, 0.5) is 0 Å². The van der Waals surface area contributed by atoms with Gasteiger partial charge in [0.25, 0.3) is 0 Å². The molecule has 0 aliphatic rings. The third kappa shape index (κ3) is 4.04. The molecule has 0 spiro atoms. The number of pyridine rings is 1. The van der Waals surface area contributed by atoms with Crippen molar-refractivity contribution >= 4 is 0 Å². The van der Waals surface area contributed by atoms with Gasteiger partial charge in [-0.15, -0.1) is 0 Å². The van der Waals surface area contributed by atoms with Gasteiger partial charge in [-0.1, -0.05) is 26.8 Å². The third-order valence-electron chi connectivity index (χ3n) is 3.23. The van der Waals surface area contributed by atoms with Crippen LogP contribution in [0.25, 0.3) is 0 Å². The normalized spacial score (nSPS) is 11.6. The van der Waals surface area contributed by atoms with Crippen molar-refractivity contribution in [3.05, 3.63) is 41.3 Å². The number of rotatable bonds is 6. The molecule has 0 amide bonds. The topological polar surface area (TPSA) is 62.8 Å². The SMILES string of the molecule is CCOc1ncccc1CNCc1cn[nH]c1C(C)(C)C. The molecule has 2 aromatic rings. The standard InChI is InChI=1S/C16H24N4O/c1-5-21-15-12(7-6-8-18-15)9-17-10-13-11-19-20-14(13)16(2,3)4/h6-8,11,17H,5,9-10H2,1-4H3,(H,19,20). The van der Waals surface area contributed by atoms with E-state index in [1.165, 1.54) is 11.3 Å². The van der Waals surface area contributed by atoms with Crippen LogP contribution in [0.1, 0.15) is 44.5 Å². The molecule has 5 heteroatoms. The number of aromatic amines is 1. The molecule has 2 aromatic heterocycles. The highest BCUT2D eigenvalue weighted by Crippen LogP contribution is 2.23. The first kappa shape index (κ1) is 15.5. The monoisotopic (exact) mass is 288 g/mol. The van der Waals surface area contributed by atoms with Crippen LogP contribution in [-0.2, 0) is 18.5 Å². The Bertz CT molecular complexity index is 572. The van der Waals surface area contributed by atoms with Gasteiger partial charge in [-0.3, -0.25) is 5.10 Å². The molecule has 2 rings (SSSR count). The van der Waals surface area contributed by atoms with E-state index in [0.717, 1.165) is 18.7 Å². The van der Waals surface area contributed by atoms with Gasteiger partial charge in [0.05, 0.1) is 12.8 Å². The second-order valence-corrected chi connectivity index (χ2v) is 6.02. The quantitative estimate of drug-likeness (QED) is 0.858. The van der Waals surface area contributed by atoms with Crippen LogP contribution in [0.5, 0.6) is 5.88 Å². The zero-order valence-corrected chi connectivity index (χ0v) is 13.2. The fourth-order valence-corrected chi connectivity index (χ4v) is 2.25. The van der Waals surface area contributed by atoms with Crippen molar-refractivity contribution in [3.8, 4) is 5.88 Å². The highest BCUT2D eigenvalue weighted by Gasteiger charge is 2.19. The average Bonchev–Trinajstić information content (AvgIpc) is 2.89. The second kappa shape index (κ2) is 6.72. The number of nitrogens with one attached hydrogen (secondary N) is 2. The third-order valence-corrected chi connectivity index (χ3v) is 3.23. The summed E-state index contributed by atoms with van der Waals surface area (Å²) < 4.78 is 5.53. The summed E-state index contributed by atoms with van der Waals surface area (Å²) in [6.45, 7) is 10.6. The molecule has 0 saturated carbocycles. The van der Waals surface area contributed by atoms with Gasteiger partial charge in [-0.25, -0.2) is 4.98 Å². The van der Waals surface area contributed by atoms with E-state index in [1.807, 2.05) is 25.3 Å². The maximum atomic E-state index is 5.53. The lowest BCUT2D eigenvalue weighted by Gasteiger charge is -2.18. The van der Waals surface area contributed by atoms with Crippen molar-refractivity contribution < 1.29 is 4.74 Å². The molecule has 114 valence electrons. The molecule has 21 heavy (non-hydrogen) atoms. The van der Waals surface area contributed by atoms with Crippen LogP contribution in [0, 0.1) is 0 Å². The Morgan fingerprint density at radius 2 is 2.00 bits per heavy atom. The smallest absolute Gasteiger partial charge is 0.217 e. The molecule has 2 heterocycles. The predicted octanol–water partition coefficient (Wildman–Crippen LogP) is 2.79. The first-order valence-corrected chi connectivity index (χ1v) is 7.32. The molecule has 0 bridgehead atoms. The Morgan fingerprint density at radius 3 is 2.71 bits per heavy atom. The van der Waals surface area contributed by atoms with Gasteiger partial charge in [-0.05, 0) is 13.0 Å². The first-order valence-electron chi connectivity index (χ1n) is 7.32. The number of ether oxygens (including phenoxy) is 1. The summed E-state index contributed by atoms with van der Waals surface area (Å²) >= 11 is 0. The van der Waals surface area contributed by atoms with Crippen molar-refractivity contribution in [1.29, 1.82) is 0 Å². The van der Waals surface area contributed by atoms with E-state index in [4.69, 9.17) is 4.74 Å². The van der Waals surface area contributed by atoms with Gasteiger partial charge in [-0.2, -0.15) is 5.10 Å². The van der Waals surface area contributed by atoms with Crippen LogP contribution in [0.15, 0.2) is 24.5 Å². The lowest BCUT2D eigenvalue weighted by atomic mass is 9.89. The number of hydrogen-bond donors (Lipinski definition) is 2. The summed E-state index contributed by atoms with van der Waals surface area (Å²) in [7, 11) is 0. The van der Waals surface area contributed by atoms with Gasteiger partial charge in [0.2, 0.25) is 5.88 Å². The van der Waals surface area contributed by atoms with Gasteiger partial charge in [0.1, 0.15) is 0 Å². The highest BCUT2D eigenvalue weighted by atomic mass is 16.5. The number of H-pyrrole nitrogens is 1. The van der Waals surface area contributed by atoms with E-state index in [9.17, 15) is 0 Å². The number of aromatic nitrogens is 3. The van der Waals surface area contributed by atoms with Crippen molar-refractivity contribution in [1.82, 2.24) is 20.5 Å². The summed E-state index contributed by atoms with van der Waals surface area (Å²) in [4.78, 5) is 4.26. The van der Waals surface area contributed by atoms with Gasteiger partial charge in [0, 0.05) is 41.5 Å². The number of nitrogens with zero attached hydrogens (tertiary/aromatic N) is 2. The average molecular weight is 288 g/mol. The van der Waals surface area contributed by atoms with Gasteiger partial charge < -0.3 is 10.1 Å². The summed E-state index contributed by atoms with van der Waals surface area (Å²) in [5, 5.41) is 10.7. The Labute approximate surface area is 126 Å². The van der Waals surface area contributed by atoms with Crippen LogP contribution < -0.4 is 10.1 Å². The molecule has 0 aromatic carbocycles. The highest BCUT2D eigenvalue weighted by molar-refractivity contribution is 5.26. The van der Waals surface area contributed by atoms with Crippen molar-refractivity contribution in [3.63, 3.8) is 0 Å². The summed E-state index contributed by atoms with van der Waals surface area (Å²) in [5.74, 6) is 0.704.